The second kappa shape index (κ2) is 8.97. The van der Waals surface area contributed by atoms with Crippen LogP contribution < -0.4 is 5.32 Å². The van der Waals surface area contributed by atoms with E-state index in [4.69, 9.17) is 9.47 Å². The first-order chi connectivity index (χ1) is 9.63. The number of halogens is 1. The fourth-order valence-corrected chi connectivity index (χ4v) is 2.56. The molecule has 20 heavy (non-hydrogen) atoms. The summed E-state index contributed by atoms with van der Waals surface area (Å²) >= 11 is 2.26. The molecule has 0 heterocycles. The Morgan fingerprint density at radius 1 is 1.45 bits per heavy atom. The van der Waals surface area contributed by atoms with Crippen LogP contribution in [0.3, 0.4) is 0 Å². The lowest BCUT2D eigenvalue weighted by molar-refractivity contribution is -0.0248. The van der Waals surface area contributed by atoms with Gasteiger partial charge >= 0.3 is 6.09 Å². The Balaban J connectivity index is 2.85. The van der Waals surface area contributed by atoms with E-state index >= 15 is 0 Å². The summed E-state index contributed by atoms with van der Waals surface area (Å²) in [5.74, 6) is 0. The number of allylic oxidation sites excluding steroid dienone is 1. The van der Waals surface area contributed by atoms with Gasteiger partial charge in [-0.25, -0.2) is 4.79 Å². The zero-order valence-electron chi connectivity index (χ0n) is 11.9. The molecule has 1 amide bonds. The van der Waals surface area contributed by atoms with Crippen molar-refractivity contribution in [1.29, 1.82) is 0 Å². The van der Waals surface area contributed by atoms with Gasteiger partial charge in [-0.3, -0.25) is 5.32 Å². The van der Waals surface area contributed by atoms with Crippen LogP contribution in [0.4, 0.5) is 4.79 Å². The lowest BCUT2D eigenvalue weighted by Gasteiger charge is -2.26. The predicted octanol–water partition coefficient (Wildman–Crippen LogP) is 4.02. The van der Waals surface area contributed by atoms with Gasteiger partial charge in [0.1, 0.15) is 12.2 Å². The maximum atomic E-state index is 11.7. The van der Waals surface area contributed by atoms with E-state index in [0.29, 0.717) is 6.42 Å². The smallest absolute Gasteiger partial charge is 0.411 e. The Hall–Kier alpha value is -1.08. The molecule has 0 radical (unpaired) electrons. The quantitative estimate of drug-likeness (QED) is 0.748. The van der Waals surface area contributed by atoms with E-state index in [1.807, 2.05) is 38.1 Å². The normalized spacial score (nSPS) is 14.0. The van der Waals surface area contributed by atoms with Crippen molar-refractivity contribution in [2.24, 2.45) is 0 Å². The summed E-state index contributed by atoms with van der Waals surface area (Å²) in [5.41, 5.74) is 1.03. The summed E-state index contributed by atoms with van der Waals surface area (Å²) in [7, 11) is 1.63. The molecule has 5 heteroatoms. The van der Waals surface area contributed by atoms with Crippen molar-refractivity contribution >= 4 is 28.7 Å². The third-order valence-corrected chi connectivity index (χ3v) is 3.81. The van der Waals surface area contributed by atoms with Crippen LogP contribution in [0.1, 0.15) is 31.9 Å². The molecule has 0 aliphatic carbocycles. The SMILES string of the molecule is C/C=C/NC(=O)O[C@@H](CC)[C@@H](OC)c1ccccc1I. The molecular formula is C15H20INO3. The van der Waals surface area contributed by atoms with Gasteiger partial charge in [0.2, 0.25) is 0 Å². The Kier molecular flexibility index (Phi) is 7.61. The van der Waals surface area contributed by atoms with E-state index < -0.39 is 6.09 Å². The average Bonchev–Trinajstić information content (AvgIpc) is 2.46. The van der Waals surface area contributed by atoms with Crippen LogP contribution in [0.25, 0.3) is 0 Å². The molecule has 1 N–H and O–H groups in total. The zero-order chi connectivity index (χ0) is 15.0. The second-order valence-electron chi connectivity index (χ2n) is 4.17. The maximum absolute atomic E-state index is 11.7. The highest BCUT2D eigenvalue weighted by atomic mass is 127. The minimum atomic E-state index is -0.470. The van der Waals surface area contributed by atoms with Crippen molar-refractivity contribution in [1.82, 2.24) is 5.32 Å². The number of carbonyl (C=O) groups is 1. The molecule has 110 valence electrons. The number of rotatable bonds is 6. The number of methoxy groups -OCH3 is 1. The minimum Gasteiger partial charge on any atom is -0.443 e. The molecule has 0 saturated carbocycles. The highest BCUT2D eigenvalue weighted by Crippen LogP contribution is 2.28. The van der Waals surface area contributed by atoms with E-state index in [1.165, 1.54) is 0 Å². The molecule has 1 aromatic rings. The lowest BCUT2D eigenvalue weighted by Crippen LogP contribution is -2.30. The predicted molar refractivity (Wildman–Crippen MR) is 87.4 cm³/mol. The molecule has 0 spiro atoms. The number of amides is 1. The van der Waals surface area contributed by atoms with Crippen molar-refractivity contribution in [2.75, 3.05) is 7.11 Å². The van der Waals surface area contributed by atoms with Crippen molar-refractivity contribution in [2.45, 2.75) is 32.5 Å². The number of hydrogen-bond donors (Lipinski definition) is 1. The van der Waals surface area contributed by atoms with Crippen LogP contribution in [-0.4, -0.2) is 19.3 Å². The van der Waals surface area contributed by atoms with Crippen LogP contribution in [0.2, 0.25) is 0 Å². The van der Waals surface area contributed by atoms with Crippen molar-refractivity contribution < 1.29 is 14.3 Å². The molecule has 0 fully saturated rings. The first-order valence-corrected chi connectivity index (χ1v) is 7.57. The van der Waals surface area contributed by atoms with Crippen LogP contribution in [-0.2, 0) is 9.47 Å². The second-order valence-corrected chi connectivity index (χ2v) is 5.34. The fraction of sp³-hybridized carbons (Fsp3) is 0.400. The number of alkyl carbamates (subject to hydrolysis) is 1. The van der Waals surface area contributed by atoms with Gasteiger partial charge in [-0.05, 0) is 47.6 Å². The van der Waals surface area contributed by atoms with Gasteiger partial charge in [-0.1, -0.05) is 31.2 Å². The zero-order valence-corrected chi connectivity index (χ0v) is 14.1. The molecule has 1 aromatic carbocycles. The van der Waals surface area contributed by atoms with E-state index in [-0.39, 0.29) is 12.2 Å². The number of benzene rings is 1. The summed E-state index contributed by atoms with van der Waals surface area (Å²) in [5, 5.41) is 2.54. The van der Waals surface area contributed by atoms with Crippen molar-refractivity contribution in [3.63, 3.8) is 0 Å². The van der Waals surface area contributed by atoms with E-state index in [1.54, 1.807) is 19.4 Å². The van der Waals surface area contributed by atoms with Gasteiger partial charge < -0.3 is 9.47 Å². The lowest BCUT2D eigenvalue weighted by atomic mass is 10.0. The fourth-order valence-electron chi connectivity index (χ4n) is 1.87. The van der Waals surface area contributed by atoms with Crippen LogP contribution in [0.15, 0.2) is 36.5 Å². The van der Waals surface area contributed by atoms with Gasteiger partial charge in [0, 0.05) is 16.9 Å². The summed E-state index contributed by atoms with van der Waals surface area (Å²) in [6, 6.07) is 7.93. The monoisotopic (exact) mass is 389 g/mol. The number of hydrogen-bond acceptors (Lipinski definition) is 3. The largest absolute Gasteiger partial charge is 0.443 e. The van der Waals surface area contributed by atoms with E-state index in [9.17, 15) is 4.79 Å². The van der Waals surface area contributed by atoms with Gasteiger partial charge in [0.05, 0.1) is 0 Å². The number of ether oxygens (including phenoxy) is 2. The number of carbonyl (C=O) groups excluding carboxylic acids is 1. The molecule has 4 nitrogen and oxygen atoms in total. The molecule has 0 aliphatic rings. The Labute approximate surface area is 133 Å². The van der Waals surface area contributed by atoms with Crippen LogP contribution in [0.5, 0.6) is 0 Å². The Bertz CT molecular complexity index is 462. The standard InChI is InChI=1S/C15H20INO3/c1-4-10-17-15(18)20-13(5-2)14(19-3)11-8-6-7-9-12(11)16/h4,6-10,13-14H,5H2,1-3H3,(H,17,18)/b10-4+/t13-,14-/m0/s1. The topological polar surface area (TPSA) is 47.6 Å². The highest BCUT2D eigenvalue weighted by molar-refractivity contribution is 14.1. The molecule has 2 atom stereocenters. The van der Waals surface area contributed by atoms with Gasteiger partial charge in [-0.2, -0.15) is 0 Å². The van der Waals surface area contributed by atoms with Gasteiger partial charge in [0.25, 0.3) is 0 Å². The van der Waals surface area contributed by atoms with E-state index in [0.717, 1.165) is 9.13 Å². The Morgan fingerprint density at radius 3 is 2.70 bits per heavy atom. The maximum Gasteiger partial charge on any atom is 0.411 e. The molecule has 0 unspecified atom stereocenters. The minimum absolute atomic E-state index is 0.274. The van der Waals surface area contributed by atoms with Crippen LogP contribution in [0, 0.1) is 3.57 Å². The molecule has 0 aromatic heterocycles. The molecule has 0 saturated heterocycles. The van der Waals surface area contributed by atoms with Gasteiger partial charge in [-0.15, -0.1) is 0 Å². The third-order valence-electron chi connectivity index (χ3n) is 2.83. The summed E-state index contributed by atoms with van der Waals surface area (Å²) in [6.07, 6.45) is 2.88. The summed E-state index contributed by atoms with van der Waals surface area (Å²) in [4.78, 5) is 11.7. The van der Waals surface area contributed by atoms with Crippen molar-refractivity contribution in [3.05, 3.63) is 45.7 Å². The van der Waals surface area contributed by atoms with Gasteiger partial charge in [0.15, 0.2) is 0 Å². The molecular weight excluding hydrogens is 369 g/mol. The first kappa shape index (κ1) is 17.0. The molecule has 0 bridgehead atoms. The summed E-state index contributed by atoms with van der Waals surface area (Å²) in [6.45, 7) is 3.79. The number of nitrogens with one attached hydrogen (secondary N) is 1. The summed E-state index contributed by atoms with van der Waals surface area (Å²) < 4.78 is 12.1. The highest BCUT2D eigenvalue weighted by Gasteiger charge is 2.26. The molecule has 0 aliphatic heterocycles. The molecule has 1 rings (SSSR count). The van der Waals surface area contributed by atoms with E-state index in [2.05, 4.69) is 27.9 Å². The Morgan fingerprint density at radius 2 is 2.15 bits per heavy atom. The third kappa shape index (κ3) is 4.79. The van der Waals surface area contributed by atoms with Crippen molar-refractivity contribution in [3.8, 4) is 0 Å². The average molecular weight is 389 g/mol. The van der Waals surface area contributed by atoms with Crippen LogP contribution >= 0.6 is 22.6 Å². The first-order valence-electron chi connectivity index (χ1n) is 6.49.